The van der Waals surface area contributed by atoms with Crippen molar-refractivity contribution in [2.24, 2.45) is 10.8 Å². The molecule has 1 atom stereocenters. The summed E-state index contributed by atoms with van der Waals surface area (Å²) in [5, 5.41) is 13.0. The fourth-order valence-electron chi connectivity index (χ4n) is 2.57. The summed E-state index contributed by atoms with van der Waals surface area (Å²) < 4.78 is 18.7. The van der Waals surface area contributed by atoms with Crippen molar-refractivity contribution in [3.63, 3.8) is 0 Å². The Bertz CT molecular complexity index is 447. The van der Waals surface area contributed by atoms with Gasteiger partial charge in [0.15, 0.2) is 0 Å². The lowest BCUT2D eigenvalue weighted by molar-refractivity contribution is -0.136. The number of hydrogen-bond donors (Lipinski definition) is 2. The van der Waals surface area contributed by atoms with Crippen molar-refractivity contribution in [3.8, 4) is 0 Å². The quantitative estimate of drug-likeness (QED) is 0.871. The zero-order valence-electron chi connectivity index (χ0n) is 12.4. The largest absolute Gasteiger partial charge is 0.396 e. The monoisotopic (exact) mass is 281 g/mol. The van der Waals surface area contributed by atoms with Crippen LogP contribution in [-0.2, 0) is 4.74 Å². The molecule has 0 aromatic heterocycles. The van der Waals surface area contributed by atoms with E-state index in [4.69, 9.17) is 4.74 Å². The molecule has 1 aromatic rings. The highest BCUT2D eigenvalue weighted by Crippen LogP contribution is 2.35. The highest BCUT2D eigenvalue weighted by molar-refractivity contribution is 5.22. The van der Waals surface area contributed by atoms with E-state index in [9.17, 15) is 9.50 Å². The third kappa shape index (κ3) is 3.37. The summed E-state index contributed by atoms with van der Waals surface area (Å²) in [6, 6.07) is 6.74. The molecule has 4 heteroatoms. The van der Waals surface area contributed by atoms with Gasteiger partial charge in [0.1, 0.15) is 5.82 Å². The fraction of sp³-hybridized carbons (Fsp3) is 0.625. The molecule has 1 unspecified atom stereocenters. The number of aliphatic hydroxyl groups excluding tert-OH is 1. The van der Waals surface area contributed by atoms with Gasteiger partial charge in [-0.15, -0.1) is 0 Å². The Hall–Kier alpha value is -0.970. The molecule has 2 rings (SSSR count). The van der Waals surface area contributed by atoms with Gasteiger partial charge in [-0.2, -0.15) is 0 Å². The summed E-state index contributed by atoms with van der Waals surface area (Å²) in [5.41, 5.74) is 0.706. The molecule has 1 saturated heterocycles. The van der Waals surface area contributed by atoms with Gasteiger partial charge in [-0.05, 0) is 23.1 Å². The van der Waals surface area contributed by atoms with E-state index in [0.717, 1.165) is 5.56 Å². The van der Waals surface area contributed by atoms with Crippen molar-refractivity contribution in [2.45, 2.75) is 26.8 Å². The first kappa shape index (κ1) is 15.4. The van der Waals surface area contributed by atoms with E-state index in [0.29, 0.717) is 19.8 Å². The van der Waals surface area contributed by atoms with Crippen LogP contribution in [0.15, 0.2) is 24.3 Å². The van der Waals surface area contributed by atoms with Crippen molar-refractivity contribution >= 4 is 0 Å². The molecule has 0 saturated carbocycles. The maximum atomic E-state index is 13.4. The second kappa shape index (κ2) is 5.80. The lowest BCUT2D eigenvalue weighted by Gasteiger charge is -2.42. The minimum atomic E-state index is -0.220. The van der Waals surface area contributed by atoms with Crippen LogP contribution in [0.2, 0.25) is 0 Å². The van der Waals surface area contributed by atoms with Crippen LogP contribution in [0.25, 0.3) is 0 Å². The van der Waals surface area contributed by atoms with E-state index in [1.165, 1.54) is 6.07 Å². The lowest BCUT2D eigenvalue weighted by atomic mass is 9.80. The minimum absolute atomic E-state index is 0.0298. The lowest BCUT2D eigenvalue weighted by Crippen LogP contribution is -2.53. The Balaban J connectivity index is 2.13. The summed E-state index contributed by atoms with van der Waals surface area (Å²) in [7, 11) is 0. The zero-order valence-corrected chi connectivity index (χ0v) is 12.4. The van der Waals surface area contributed by atoms with E-state index in [1.54, 1.807) is 12.1 Å². The number of ether oxygens (including phenoxy) is 1. The molecule has 1 fully saturated rings. The maximum absolute atomic E-state index is 13.4. The van der Waals surface area contributed by atoms with Gasteiger partial charge in [0.05, 0.1) is 25.2 Å². The third-order valence-corrected chi connectivity index (χ3v) is 3.88. The van der Waals surface area contributed by atoms with Crippen LogP contribution in [0.1, 0.15) is 32.4 Å². The molecule has 1 heterocycles. The van der Waals surface area contributed by atoms with E-state index in [-0.39, 0.29) is 29.3 Å². The van der Waals surface area contributed by atoms with E-state index in [1.807, 2.05) is 6.07 Å². The van der Waals surface area contributed by atoms with Crippen molar-refractivity contribution in [1.82, 2.24) is 5.32 Å². The van der Waals surface area contributed by atoms with Crippen molar-refractivity contribution in [2.75, 3.05) is 26.4 Å². The number of nitrogens with one attached hydrogen (secondary N) is 1. The Morgan fingerprint density at radius 1 is 1.40 bits per heavy atom. The van der Waals surface area contributed by atoms with Crippen LogP contribution in [0.3, 0.4) is 0 Å². The van der Waals surface area contributed by atoms with Gasteiger partial charge in [-0.3, -0.25) is 0 Å². The van der Waals surface area contributed by atoms with Gasteiger partial charge in [0.25, 0.3) is 0 Å². The van der Waals surface area contributed by atoms with Crippen molar-refractivity contribution < 1.29 is 14.2 Å². The van der Waals surface area contributed by atoms with E-state index >= 15 is 0 Å². The number of rotatable bonds is 5. The molecule has 20 heavy (non-hydrogen) atoms. The normalized spacial score (nSPS) is 19.4. The van der Waals surface area contributed by atoms with Crippen molar-refractivity contribution in [1.29, 1.82) is 0 Å². The maximum Gasteiger partial charge on any atom is 0.123 e. The molecule has 1 aliphatic rings. The van der Waals surface area contributed by atoms with Gasteiger partial charge in [0.2, 0.25) is 0 Å². The highest BCUT2D eigenvalue weighted by Gasteiger charge is 2.39. The summed E-state index contributed by atoms with van der Waals surface area (Å²) in [6.45, 7) is 8.31. The van der Waals surface area contributed by atoms with Gasteiger partial charge in [0, 0.05) is 12.6 Å². The second-order valence-electron chi connectivity index (χ2n) is 6.89. The Labute approximate surface area is 120 Å². The number of benzene rings is 1. The summed E-state index contributed by atoms with van der Waals surface area (Å²) in [4.78, 5) is 0. The molecule has 2 N–H and O–H groups in total. The first-order valence-corrected chi connectivity index (χ1v) is 7.04. The fourth-order valence-corrected chi connectivity index (χ4v) is 2.57. The van der Waals surface area contributed by atoms with Crippen LogP contribution >= 0.6 is 0 Å². The number of halogens is 1. The summed E-state index contributed by atoms with van der Waals surface area (Å²) >= 11 is 0. The zero-order chi connectivity index (χ0) is 14.8. The molecule has 0 amide bonds. The Morgan fingerprint density at radius 3 is 2.55 bits per heavy atom. The van der Waals surface area contributed by atoms with Gasteiger partial charge in [-0.25, -0.2) is 4.39 Å². The first-order chi connectivity index (χ1) is 9.36. The number of hydrogen-bond acceptors (Lipinski definition) is 3. The predicted molar refractivity (Wildman–Crippen MR) is 76.9 cm³/mol. The van der Waals surface area contributed by atoms with Crippen LogP contribution in [0.5, 0.6) is 0 Å². The average Bonchev–Trinajstić information content (AvgIpc) is 2.31. The van der Waals surface area contributed by atoms with Gasteiger partial charge >= 0.3 is 0 Å². The Morgan fingerprint density at radius 2 is 2.10 bits per heavy atom. The van der Waals surface area contributed by atoms with Gasteiger partial charge < -0.3 is 15.2 Å². The standard InChI is InChI=1S/C16H24FNO2/c1-15(2,3)14(12-5-4-6-13(17)7-12)18-8-16(9-19)10-20-11-16/h4-7,14,18-19H,8-11H2,1-3H3. The molecule has 112 valence electrons. The molecular formula is C16H24FNO2. The average molecular weight is 281 g/mol. The number of aliphatic hydroxyl groups is 1. The van der Waals surface area contributed by atoms with Crippen LogP contribution in [-0.4, -0.2) is 31.5 Å². The third-order valence-electron chi connectivity index (χ3n) is 3.88. The van der Waals surface area contributed by atoms with Crippen LogP contribution < -0.4 is 5.32 Å². The van der Waals surface area contributed by atoms with Gasteiger partial charge in [-0.1, -0.05) is 32.9 Å². The predicted octanol–water partition coefficient (Wildman–Crippen LogP) is 2.51. The van der Waals surface area contributed by atoms with Crippen LogP contribution in [0.4, 0.5) is 4.39 Å². The molecular weight excluding hydrogens is 257 g/mol. The molecule has 0 bridgehead atoms. The molecule has 0 spiro atoms. The first-order valence-electron chi connectivity index (χ1n) is 7.04. The molecule has 1 aliphatic heterocycles. The van der Waals surface area contributed by atoms with Crippen LogP contribution in [0, 0.1) is 16.6 Å². The summed E-state index contributed by atoms with van der Waals surface area (Å²) in [6.07, 6.45) is 0. The topological polar surface area (TPSA) is 41.5 Å². The highest BCUT2D eigenvalue weighted by atomic mass is 19.1. The van der Waals surface area contributed by atoms with E-state index in [2.05, 4.69) is 26.1 Å². The minimum Gasteiger partial charge on any atom is -0.396 e. The van der Waals surface area contributed by atoms with E-state index < -0.39 is 0 Å². The smallest absolute Gasteiger partial charge is 0.123 e. The SMILES string of the molecule is CC(C)(C)C(NCC1(CO)COC1)c1cccc(F)c1. The molecule has 0 radical (unpaired) electrons. The molecule has 3 nitrogen and oxygen atoms in total. The summed E-state index contributed by atoms with van der Waals surface area (Å²) in [5.74, 6) is -0.220. The van der Waals surface area contributed by atoms with Crippen molar-refractivity contribution in [3.05, 3.63) is 35.6 Å². The second-order valence-corrected chi connectivity index (χ2v) is 6.89. The molecule has 1 aromatic carbocycles. The Kier molecular flexibility index (Phi) is 4.47. The molecule has 0 aliphatic carbocycles.